The van der Waals surface area contributed by atoms with Crippen LogP contribution in [0.3, 0.4) is 0 Å². The molecule has 23 heavy (non-hydrogen) atoms. The molecule has 1 aliphatic heterocycles. The summed E-state index contributed by atoms with van der Waals surface area (Å²) in [6, 6.07) is 10.4. The highest BCUT2D eigenvalue weighted by atomic mass is 35.5. The summed E-state index contributed by atoms with van der Waals surface area (Å²) in [5.74, 6) is -1.85. The first-order valence-electron chi connectivity index (χ1n) is 7.29. The van der Waals surface area contributed by atoms with E-state index >= 15 is 0 Å². The minimum absolute atomic E-state index is 0.0358. The molecule has 1 fully saturated rings. The van der Waals surface area contributed by atoms with Crippen molar-refractivity contribution in [3.63, 3.8) is 0 Å². The summed E-state index contributed by atoms with van der Waals surface area (Å²) < 4.78 is 26.5. The average molecular weight is 337 g/mol. The normalized spacial score (nSPS) is 14.9. The molecule has 0 saturated carbocycles. The number of rotatable bonds is 2. The quantitative estimate of drug-likeness (QED) is 0.837. The summed E-state index contributed by atoms with van der Waals surface area (Å²) in [4.78, 5) is 16.1. The van der Waals surface area contributed by atoms with E-state index in [1.54, 1.807) is 4.90 Å². The second kappa shape index (κ2) is 6.54. The van der Waals surface area contributed by atoms with Gasteiger partial charge in [-0.2, -0.15) is 0 Å². The van der Waals surface area contributed by atoms with Gasteiger partial charge in [-0.25, -0.2) is 8.78 Å². The molecule has 0 unspecified atom stereocenters. The van der Waals surface area contributed by atoms with Gasteiger partial charge in [-0.05, 0) is 24.3 Å². The van der Waals surface area contributed by atoms with Crippen LogP contribution in [0.4, 0.5) is 14.5 Å². The van der Waals surface area contributed by atoms with Crippen LogP contribution in [0.25, 0.3) is 0 Å². The van der Waals surface area contributed by atoms with Gasteiger partial charge in [-0.1, -0.05) is 23.7 Å². The lowest BCUT2D eigenvalue weighted by Crippen LogP contribution is -2.48. The summed E-state index contributed by atoms with van der Waals surface area (Å²) >= 11 is 6.18. The Balaban J connectivity index is 1.69. The van der Waals surface area contributed by atoms with Crippen LogP contribution in [0.5, 0.6) is 0 Å². The van der Waals surface area contributed by atoms with Crippen molar-refractivity contribution >= 4 is 23.2 Å². The number of carbonyl (C=O) groups excluding carboxylic acids is 1. The fourth-order valence-electron chi connectivity index (χ4n) is 2.72. The van der Waals surface area contributed by atoms with Crippen LogP contribution in [-0.2, 0) is 0 Å². The summed E-state index contributed by atoms with van der Waals surface area (Å²) in [5.41, 5.74) is 0.965. The van der Waals surface area contributed by atoms with Crippen LogP contribution in [0.2, 0.25) is 5.02 Å². The second-order valence-corrected chi connectivity index (χ2v) is 5.80. The van der Waals surface area contributed by atoms with Gasteiger partial charge in [-0.3, -0.25) is 4.79 Å². The Labute approximate surface area is 138 Å². The minimum atomic E-state index is -0.747. The van der Waals surface area contributed by atoms with E-state index < -0.39 is 11.6 Å². The minimum Gasteiger partial charge on any atom is -0.367 e. The molecule has 0 atom stereocenters. The zero-order valence-corrected chi connectivity index (χ0v) is 13.1. The molecule has 2 aromatic carbocycles. The van der Waals surface area contributed by atoms with Crippen molar-refractivity contribution in [2.75, 3.05) is 31.1 Å². The highest BCUT2D eigenvalue weighted by Gasteiger charge is 2.23. The average Bonchev–Trinajstić information content (AvgIpc) is 2.54. The topological polar surface area (TPSA) is 23.6 Å². The van der Waals surface area contributed by atoms with Gasteiger partial charge in [0, 0.05) is 37.8 Å². The summed E-state index contributed by atoms with van der Waals surface area (Å²) in [6.45, 7) is 2.19. The molecule has 0 aliphatic carbocycles. The Hall–Kier alpha value is -2.14. The predicted molar refractivity (Wildman–Crippen MR) is 85.9 cm³/mol. The first kappa shape index (κ1) is 15.7. The molecule has 0 aromatic heterocycles. The number of anilines is 1. The third kappa shape index (κ3) is 3.45. The largest absolute Gasteiger partial charge is 0.367 e. The first-order chi connectivity index (χ1) is 11.0. The van der Waals surface area contributed by atoms with Crippen LogP contribution in [-0.4, -0.2) is 37.0 Å². The zero-order valence-electron chi connectivity index (χ0n) is 12.3. The number of carbonyl (C=O) groups is 1. The van der Waals surface area contributed by atoms with Gasteiger partial charge in [-0.15, -0.1) is 0 Å². The molecule has 0 spiro atoms. The van der Waals surface area contributed by atoms with Gasteiger partial charge in [0.05, 0.1) is 10.7 Å². The Morgan fingerprint density at radius 2 is 1.57 bits per heavy atom. The van der Waals surface area contributed by atoms with Gasteiger partial charge in [0.1, 0.15) is 11.6 Å². The van der Waals surface area contributed by atoms with Gasteiger partial charge in [0.2, 0.25) is 0 Å². The van der Waals surface area contributed by atoms with Crippen molar-refractivity contribution < 1.29 is 13.6 Å². The lowest BCUT2D eigenvalue weighted by atomic mass is 10.1. The fourth-order valence-corrected chi connectivity index (χ4v) is 2.97. The van der Waals surface area contributed by atoms with Crippen LogP contribution >= 0.6 is 11.6 Å². The molecule has 0 radical (unpaired) electrons. The van der Waals surface area contributed by atoms with E-state index in [9.17, 15) is 13.6 Å². The number of hydrogen-bond acceptors (Lipinski definition) is 2. The molecule has 0 N–H and O–H groups in total. The molecular weight excluding hydrogens is 322 g/mol. The van der Waals surface area contributed by atoms with Crippen LogP contribution < -0.4 is 4.90 Å². The lowest BCUT2D eigenvalue weighted by Gasteiger charge is -2.36. The van der Waals surface area contributed by atoms with Gasteiger partial charge < -0.3 is 9.80 Å². The van der Waals surface area contributed by atoms with E-state index in [2.05, 4.69) is 4.90 Å². The maximum absolute atomic E-state index is 13.2. The van der Waals surface area contributed by atoms with E-state index in [4.69, 9.17) is 11.6 Å². The fraction of sp³-hybridized carbons (Fsp3) is 0.235. The smallest absolute Gasteiger partial charge is 0.254 e. The van der Waals surface area contributed by atoms with Crippen molar-refractivity contribution in [3.05, 3.63) is 64.7 Å². The number of benzene rings is 2. The predicted octanol–water partition coefficient (Wildman–Crippen LogP) is 3.58. The summed E-state index contributed by atoms with van der Waals surface area (Å²) in [7, 11) is 0. The molecule has 3 rings (SSSR count). The zero-order chi connectivity index (χ0) is 16.4. The number of hydrogen-bond donors (Lipinski definition) is 0. The monoisotopic (exact) mass is 336 g/mol. The van der Waals surface area contributed by atoms with E-state index in [0.29, 0.717) is 31.2 Å². The number of amides is 1. The Bertz CT molecular complexity index is 710. The van der Waals surface area contributed by atoms with Crippen molar-refractivity contribution in [2.24, 2.45) is 0 Å². The third-order valence-corrected chi connectivity index (χ3v) is 4.19. The van der Waals surface area contributed by atoms with Crippen molar-refractivity contribution in [1.82, 2.24) is 4.90 Å². The molecule has 1 amide bonds. The van der Waals surface area contributed by atoms with Crippen LogP contribution in [0, 0.1) is 11.6 Å². The van der Waals surface area contributed by atoms with Gasteiger partial charge in [0.15, 0.2) is 0 Å². The summed E-state index contributed by atoms with van der Waals surface area (Å²) in [5, 5.41) is 0.666. The Kier molecular flexibility index (Phi) is 4.48. The van der Waals surface area contributed by atoms with E-state index in [-0.39, 0.29) is 11.5 Å². The SMILES string of the molecule is O=C(c1cc(F)cc(F)c1)N1CCN(c2ccccc2Cl)CC1. The molecule has 2 aromatic rings. The summed E-state index contributed by atoms with van der Waals surface area (Å²) in [6.07, 6.45) is 0. The number of piperazine rings is 1. The molecule has 1 heterocycles. The first-order valence-corrected chi connectivity index (χ1v) is 7.67. The number of halogens is 3. The van der Waals surface area contributed by atoms with Crippen LogP contribution in [0.1, 0.15) is 10.4 Å². The highest BCUT2D eigenvalue weighted by Crippen LogP contribution is 2.26. The van der Waals surface area contributed by atoms with Crippen molar-refractivity contribution in [3.8, 4) is 0 Å². The van der Waals surface area contributed by atoms with Crippen molar-refractivity contribution in [1.29, 1.82) is 0 Å². The molecule has 1 saturated heterocycles. The van der Waals surface area contributed by atoms with E-state index in [1.165, 1.54) is 0 Å². The van der Waals surface area contributed by atoms with Crippen molar-refractivity contribution in [2.45, 2.75) is 0 Å². The Morgan fingerprint density at radius 3 is 2.17 bits per heavy atom. The molecule has 3 nitrogen and oxygen atoms in total. The second-order valence-electron chi connectivity index (χ2n) is 5.39. The number of nitrogens with zero attached hydrogens (tertiary/aromatic N) is 2. The van der Waals surface area contributed by atoms with Gasteiger partial charge >= 0.3 is 0 Å². The lowest BCUT2D eigenvalue weighted by molar-refractivity contribution is 0.0745. The molecular formula is C17H15ClF2N2O. The van der Waals surface area contributed by atoms with Crippen LogP contribution in [0.15, 0.2) is 42.5 Å². The third-order valence-electron chi connectivity index (χ3n) is 3.87. The molecule has 6 heteroatoms. The maximum Gasteiger partial charge on any atom is 0.254 e. The number of para-hydroxylation sites is 1. The maximum atomic E-state index is 13.2. The standard InChI is InChI=1S/C17H15ClF2N2O/c18-15-3-1-2-4-16(15)21-5-7-22(8-6-21)17(23)12-9-13(19)11-14(20)10-12/h1-4,9-11H,5-8H2. The van der Waals surface area contributed by atoms with Gasteiger partial charge in [0.25, 0.3) is 5.91 Å². The van der Waals surface area contributed by atoms with E-state index in [1.807, 2.05) is 24.3 Å². The molecule has 120 valence electrons. The Morgan fingerprint density at radius 1 is 0.957 bits per heavy atom. The highest BCUT2D eigenvalue weighted by molar-refractivity contribution is 6.33. The van der Waals surface area contributed by atoms with E-state index in [0.717, 1.165) is 23.9 Å². The molecule has 0 bridgehead atoms. The molecule has 1 aliphatic rings.